The third-order valence-corrected chi connectivity index (χ3v) is 5.52. The van der Waals surface area contributed by atoms with Crippen LogP contribution >= 0.6 is 0 Å². The molecule has 0 aliphatic carbocycles. The molecule has 33 heavy (non-hydrogen) atoms. The molecule has 1 N–H and O–H groups in total. The summed E-state index contributed by atoms with van der Waals surface area (Å²) >= 11 is 0. The second-order valence-electron chi connectivity index (χ2n) is 9.35. The van der Waals surface area contributed by atoms with Crippen LogP contribution in [0.4, 0.5) is 4.79 Å². The molecule has 178 valence electrons. The lowest BCUT2D eigenvalue weighted by Crippen LogP contribution is -2.50. The fraction of sp³-hybridized carbons (Fsp3) is 0.480. The van der Waals surface area contributed by atoms with Crippen LogP contribution in [0.15, 0.2) is 47.4 Å². The Labute approximate surface area is 193 Å². The number of esters is 1. The SMILES string of the molecule is CCOC(=O)c1cn(CC2(O)CCN(C(=O)OC(C)(C)C)CC2)c(=O)cc1-c1ccccc1. The molecule has 3 rings (SSSR count). The zero-order valence-electron chi connectivity index (χ0n) is 19.7. The van der Waals surface area contributed by atoms with Crippen molar-refractivity contribution in [2.75, 3.05) is 19.7 Å². The van der Waals surface area contributed by atoms with Crippen molar-refractivity contribution in [2.24, 2.45) is 0 Å². The van der Waals surface area contributed by atoms with E-state index >= 15 is 0 Å². The second-order valence-corrected chi connectivity index (χ2v) is 9.35. The van der Waals surface area contributed by atoms with Crippen LogP contribution in [0.25, 0.3) is 11.1 Å². The van der Waals surface area contributed by atoms with Gasteiger partial charge in [0.1, 0.15) is 5.60 Å². The van der Waals surface area contributed by atoms with Crippen molar-refractivity contribution in [1.82, 2.24) is 9.47 Å². The highest BCUT2D eigenvalue weighted by molar-refractivity contribution is 5.96. The zero-order chi connectivity index (χ0) is 24.2. The van der Waals surface area contributed by atoms with E-state index in [1.807, 2.05) is 30.3 Å². The van der Waals surface area contributed by atoms with Crippen LogP contribution in [-0.2, 0) is 16.0 Å². The van der Waals surface area contributed by atoms with Gasteiger partial charge in [-0.15, -0.1) is 0 Å². The summed E-state index contributed by atoms with van der Waals surface area (Å²) in [6, 6.07) is 10.6. The molecule has 8 nitrogen and oxygen atoms in total. The third-order valence-electron chi connectivity index (χ3n) is 5.52. The van der Waals surface area contributed by atoms with Gasteiger partial charge in [-0.1, -0.05) is 30.3 Å². The number of amides is 1. The summed E-state index contributed by atoms with van der Waals surface area (Å²) in [5.41, 5.74) is -0.636. The Kier molecular flexibility index (Phi) is 7.27. The number of benzene rings is 1. The molecule has 8 heteroatoms. The lowest BCUT2D eigenvalue weighted by molar-refractivity contribution is -0.0419. The van der Waals surface area contributed by atoms with Gasteiger partial charge in [-0.05, 0) is 46.1 Å². The molecule has 2 aromatic rings. The number of likely N-dealkylation sites (tertiary alicyclic amines) is 1. The first-order chi connectivity index (χ1) is 15.5. The maximum Gasteiger partial charge on any atom is 0.410 e. The summed E-state index contributed by atoms with van der Waals surface area (Å²) in [5, 5.41) is 11.1. The maximum atomic E-state index is 12.9. The Morgan fingerprint density at radius 1 is 1.12 bits per heavy atom. The van der Waals surface area contributed by atoms with Gasteiger partial charge in [0.25, 0.3) is 5.56 Å². The van der Waals surface area contributed by atoms with Gasteiger partial charge >= 0.3 is 12.1 Å². The maximum absolute atomic E-state index is 12.9. The van der Waals surface area contributed by atoms with E-state index in [1.165, 1.54) is 16.8 Å². The highest BCUT2D eigenvalue weighted by atomic mass is 16.6. The topological polar surface area (TPSA) is 98.1 Å². The number of carbonyl (C=O) groups is 2. The van der Waals surface area contributed by atoms with E-state index in [0.717, 1.165) is 5.56 Å². The summed E-state index contributed by atoms with van der Waals surface area (Å²) in [6.45, 7) is 7.97. The lowest BCUT2D eigenvalue weighted by atomic mass is 9.91. The van der Waals surface area contributed by atoms with Crippen LogP contribution in [0.2, 0.25) is 0 Å². The molecular weight excluding hydrogens is 424 g/mol. The van der Waals surface area contributed by atoms with Crippen LogP contribution in [0.1, 0.15) is 50.9 Å². The number of aliphatic hydroxyl groups is 1. The summed E-state index contributed by atoms with van der Waals surface area (Å²) in [7, 11) is 0. The first-order valence-electron chi connectivity index (χ1n) is 11.2. The van der Waals surface area contributed by atoms with Gasteiger partial charge in [0, 0.05) is 30.9 Å². The molecule has 1 saturated heterocycles. The van der Waals surface area contributed by atoms with E-state index in [2.05, 4.69) is 0 Å². The van der Waals surface area contributed by atoms with Crippen LogP contribution in [0.3, 0.4) is 0 Å². The van der Waals surface area contributed by atoms with Crippen LogP contribution in [-0.4, -0.2) is 57.5 Å². The monoisotopic (exact) mass is 456 g/mol. The second kappa shape index (κ2) is 9.79. The summed E-state index contributed by atoms with van der Waals surface area (Å²) < 4.78 is 12.0. The first kappa shape index (κ1) is 24.5. The highest BCUT2D eigenvalue weighted by Crippen LogP contribution is 2.27. The van der Waals surface area contributed by atoms with E-state index in [0.29, 0.717) is 18.7 Å². The van der Waals surface area contributed by atoms with Gasteiger partial charge < -0.3 is 24.0 Å². The number of hydrogen-bond acceptors (Lipinski definition) is 6. The number of aromatic nitrogens is 1. The van der Waals surface area contributed by atoms with Crippen molar-refractivity contribution >= 4 is 12.1 Å². The van der Waals surface area contributed by atoms with Gasteiger partial charge in [0.05, 0.1) is 24.3 Å². The molecule has 0 unspecified atom stereocenters. The number of ether oxygens (including phenoxy) is 2. The van der Waals surface area contributed by atoms with E-state index in [-0.39, 0.29) is 37.1 Å². The Bertz CT molecular complexity index is 1050. The molecular formula is C25H32N2O6. The third kappa shape index (κ3) is 6.22. The molecule has 2 heterocycles. The largest absolute Gasteiger partial charge is 0.462 e. The summed E-state index contributed by atoms with van der Waals surface area (Å²) in [5.74, 6) is -0.531. The fourth-order valence-electron chi connectivity index (χ4n) is 3.83. The van der Waals surface area contributed by atoms with Crippen LogP contribution in [0.5, 0.6) is 0 Å². The predicted molar refractivity (Wildman–Crippen MR) is 124 cm³/mol. The minimum atomic E-state index is -1.19. The average molecular weight is 457 g/mol. The number of rotatable bonds is 5. The van der Waals surface area contributed by atoms with Gasteiger partial charge in [-0.25, -0.2) is 9.59 Å². The van der Waals surface area contributed by atoms with Crippen LogP contribution < -0.4 is 5.56 Å². The number of hydrogen-bond donors (Lipinski definition) is 1. The zero-order valence-corrected chi connectivity index (χ0v) is 19.7. The number of nitrogens with zero attached hydrogens (tertiary/aromatic N) is 2. The average Bonchev–Trinajstić information content (AvgIpc) is 2.75. The fourth-order valence-corrected chi connectivity index (χ4v) is 3.83. The minimum absolute atomic E-state index is 0.00939. The Morgan fingerprint density at radius 2 is 1.76 bits per heavy atom. The van der Waals surface area contributed by atoms with E-state index in [4.69, 9.17) is 9.47 Å². The minimum Gasteiger partial charge on any atom is -0.462 e. The van der Waals surface area contributed by atoms with Crippen molar-refractivity contribution < 1.29 is 24.2 Å². The van der Waals surface area contributed by atoms with Gasteiger partial charge in [0.15, 0.2) is 0 Å². The van der Waals surface area contributed by atoms with E-state index in [9.17, 15) is 19.5 Å². The Hall–Kier alpha value is -3.13. The molecule has 1 aromatic heterocycles. The molecule has 1 amide bonds. The lowest BCUT2D eigenvalue weighted by Gasteiger charge is -2.38. The molecule has 1 aliphatic rings. The predicted octanol–water partition coefficient (Wildman–Crippen LogP) is 3.45. The number of pyridine rings is 1. The molecule has 0 atom stereocenters. The molecule has 1 aromatic carbocycles. The molecule has 0 saturated carbocycles. The summed E-state index contributed by atoms with van der Waals surface area (Å²) in [4.78, 5) is 39.4. The number of carbonyl (C=O) groups excluding carboxylic acids is 2. The van der Waals surface area contributed by atoms with Crippen LogP contribution in [0, 0.1) is 0 Å². The van der Waals surface area contributed by atoms with Crippen molar-refractivity contribution in [3.8, 4) is 11.1 Å². The van der Waals surface area contributed by atoms with Gasteiger partial charge in [-0.2, -0.15) is 0 Å². The van der Waals surface area contributed by atoms with E-state index < -0.39 is 23.3 Å². The smallest absolute Gasteiger partial charge is 0.410 e. The van der Waals surface area contributed by atoms with Gasteiger partial charge in [-0.3, -0.25) is 4.79 Å². The molecule has 1 aliphatic heterocycles. The standard InChI is InChI=1S/C25H32N2O6/c1-5-32-22(29)20-16-27(21(28)15-19(20)18-9-7-6-8-10-18)17-25(31)11-13-26(14-12-25)23(30)33-24(2,3)4/h6-10,15-16,31H,5,11-14,17H2,1-4H3. The molecule has 0 radical (unpaired) electrons. The molecule has 0 bridgehead atoms. The quantitative estimate of drug-likeness (QED) is 0.692. The number of piperidine rings is 1. The van der Waals surface area contributed by atoms with Crippen molar-refractivity contribution in [3.63, 3.8) is 0 Å². The van der Waals surface area contributed by atoms with Gasteiger partial charge in [0.2, 0.25) is 0 Å². The normalized spacial score (nSPS) is 15.7. The first-order valence-corrected chi connectivity index (χ1v) is 11.2. The molecule has 1 fully saturated rings. The van der Waals surface area contributed by atoms with Crippen molar-refractivity contribution in [1.29, 1.82) is 0 Å². The van der Waals surface area contributed by atoms with Crippen molar-refractivity contribution in [3.05, 3.63) is 58.5 Å². The Balaban J connectivity index is 1.82. The van der Waals surface area contributed by atoms with Crippen molar-refractivity contribution in [2.45, 2.75) is 58.3 Å². The molecule has 0 spiro atoms. The highest BCUT2D eigenvalue weighted by Gasteiger charge is 2.36. The Morgan fingerprint density at radius 3 is 2.33 bits per heavy atom. The van der Waals surface area contributed by atoms with E-state index in [1.54, 1.807) is 32.6 Å². The summed E-state index contributed by atoms with van der Waals surface area (Å²) in [6.07, 6.45) is 1.61.